The van der Waals surface area contributed by atoms with Gasteiger partial charge in [-0.25, -0.2) is 0 Å². The van der Waals surface area contributed by atoms with Crippen molar-refractivity contribution in [3.05, 3.63) is 18.0 Å². The molecule has 1 N–H and O–H groups in total. The van der Waals surface area contributed by atoms with Gasteiger partial charge in [0.2, 0.25) is 0 Å². The Morgan fingerprint density at radius 3 is 2.69 bits per heavy atom. The van der Waals surface area contributed by atoms with Crippen LogP contribution in [0.5, 0.6) is 0 Å². The van der Waals surface area contributed by atoms with Crippen LogP contribution in [0.2, 0.25) is 0 Å². The largest absolute Gasteiger partial charge is 0.317 e. The predicted molar refractivity (Wildman–Crippen MR) is 68.7 cm³/mol. The van der Waals surface area contributed by atoms with Crippen molar-refractivity contribution in [1.29, 1.82) is 0 Å². The highest BCUT2D eigenvalue weighted by atomic mass is 15.3. The summed E-state index contributed by atoms with van der Waals surface area (Å²) in [6, 6.07) is 0.572. The van der Waals surface area contributed by atoms with E-state index in [2.05, 4.69) is 42.1 Å². The minimum atomic E-state index is 0.572. The molecule has 0 saturated carbocycles. The third-order valence-corrected chi connectivity index (χ3v) is 3.04. The van der Waals surface area contributed by atoms with Crippen molar-refractivity contribution in [1.82, 2.24) is 15.1 Å². The first kappa shape index (κ1) is 13.2. The Morgan fingerprint density at radius 2 is 2.06 bits per heavy atom. The number of rotatable bonds is 8. The first-order valence-corrected chi connectivity index (χ1v) is 6.55. The molecule has 1 heterocycles. The van der Waals surface area contributed by atoms with E-state index in [4.69, 9.17) is 0 Å². The van der Waals surface area contributed by atoms with Crippen molar-refractivity contribution < 1.29 is 0 Å². The zero-order chi connectivity index (χ0) is 11.8. The first-order valence-electron chi connectivity index (χ1n) is 6.55. The highest BCUT2D eigenvalue weighted by Crippen LogP contribution is 2.15. The summed E-state index contributed by atoms with van der Waals surface area (Å²) in [4.78, 5) is 0. The van der Waals surface area contributed by atoms with Crippen LogP contribution >= 0.6 is 0 Å². The van der Waals surface area contributed by atoms with Crippen molar-refractivity contribution in [3.63, 3.8) is 0 Å². The van der Waals surface area contributed by atoms with E-state index in [1.54, 1.807) is 0 Å². The molecule has 3 nitrogen and oxygen atoms in total. The van der Waals surface area contributed by atoms with Gasteiger partial charge in [-0.15, -0.1) is 0 Å². The van der Waals surface area contributed by atoms with Crippen molar-refractivity contribution in [3.8, 4) is 0 Å². The minimum Gasteiger partial charge on any atom is -0.317 e. The Labute approximate surface area is 99.2 Å². The van der Waals surface area contributed by atoms with E-state index in [1.807, 2.05) is 6.20 Å². The summed E-state index contributed by atoms with van der Waals surface area (Å²) >= 11 is 0. The van der Waals surface area contributed by atoms with Gasteiger partial charge in [0, 0.05) is 6.20 Å². The Bertz CT molecular complexity index is 276. The Morgan fingerprint density at radius 1 is 1.31 bits per heavy atom. The molecule has 1 rings (SSSR count). The molecule has 3 heteroatoms. The molecule has 0 aromatic carbocycles. The molecule has 0 amide bonds. The maximum atomic E-state index is 4.45. The predicted octanol–water partition coefficient (Wildman–Crippen LogP) is 2.79. The molecule has 0 aliphatic rings. The fourth-order valence-electron chi connectivity index (χ4n) is 1.96. The van der Waals surface area contributed by atoms with Crippen molar-refractivity contribution in [2.45, 2.75) is 52.5 Å². The van der Waals surface area contributed by atoms with Crippen molar-refractivity contribution in [2.75, 3.05) is 13.1 Å². The SMILES string of the molecule is CCNCCCc1cnn(C(CC)CC)c1. The Balaban J connectivity index is 2.38. The number of nitrogens with one attached hydrogen (secondary N) is 1. The fraction of sp³-hybridized carbons (Fsp3) is 0.769. The van der Waals surface area contributed by atoms with E-state index in [-0.39, 0.29) is 0 Å². The number of nitrogens with zero attached hydrogens (tertiary/aromatic N) is 2. The zero-order valence-corrected chi connectivity index (χ0v) is 10.9. The molecule has 0 fully saturated rings. The van der Waals surface area contributed by atoms with Gasteiger partial charge in [-0.3, -0.25) is 4.68 Å². The van der Waals surface area contributed by atoms with Gasteiger partial charge in [0.15, 0.2) is 0 Å². The lowest BCUT2D eigenvalue weighted by Crippen LogP contribution is -2.14. The van der Waals surface area contributed by atoms with Crippen molar-refractivity contribution >= 4 is 0 Å². The fourth-order valence-corrected chi connectivity index (χ4v) is 1.96. The molecule has 0 unspecified atom stereocenters. The molecule has 1 aromatic rings. The van der Waals surface area contributed by atoms with Crippen LogP contribution in [0.15, 0.2) is 12.4 Å². The molecular weight excluding hydrogens is 198 g/mol. The molecule has 0 radical (unpaired) electrons. The van der Waals surface area contributed by atoms with Crippen molar-refractivity contribution in [2.24, 2.45) is 0 Å². The van der Waals surface area contributed by atoms with E-state index < -0.39 is 0 Å². The number of hydrogen-bond donors (Lipinski definition) is 1. The topological polar surface area (TPSA) is 29.9 Å². The first-order chi connectivity index (χ1) is 7.81. The summed E-state index contributed by atoms with van der Waals surface area (Å²) in [5, 5.41) is 7.80. The lowest BCUT2D eigenvalue weighted by molar-refractivity contribution is 0.428. The molecular formula is C13H25N3. The Hall–Kier alpha value is -0.830. The summed E-state index contributed by atoms with van der Waals surface area (Å²) in [5.74, 6) is 0. The summed E-state index contributed by atoms with van der Waals surface area (Å²) < 4.78 is 2.13. The van der Waals surface area contributed by atoms with Gasteiger partial charge in [0.1, 0.15) is 0 Å². The zero-order valence-electron chi connectivity index (χ0n) is 10.9. The number of aromatic nitrogens is 2. The van der Waals surface area contributed by atoms with Crippen LogP contribution < -0.4 is 5.32 Å². The Kier molecular flexibility index (Phi) is 6.16. The van der Waals surface area contributed by atoms with Crippen LogP contribution in [0, 0.1) is 0 Å². The summed E-state index contributed by atoms with van der Waals surface area (Å²) in [6.07, 6.45) is 8.88. The third kappa shape index (κ3) is 3.97. The smallest absolute Gasteiger partial charge is 0.0521 e. The second-order valence-corrected chi connectivity index (χ2v) is 4.26. The van der Waals surface area contributed by atoms with Crippen LogP contribution in [-0.4, -0.2) is 22.9 Å². The summed E-state index contributed by atoms with van der Waals surface area (Å²) in [5.41, 5.74) is 1.37. The van der Waals surface area contributed by atoms with Gasteiger partial charge in [-0.05, 0) is 44.3 Å². The van der Waals surface area contributed by atoms with Gasteiger partial charge in [0.25, 0.3) is 0 Å². The minimum absolute atomic E-state index is 0.572. The molecule has 0 aliphatic carbocycles. The van der Waals surface area contributed by atoms with E-state index in [0.29, 0.717) is 6.04 Å². The standard InChI is InChI=1S/C13H25N3/c1-4-13(5-2)16-11-12(10-15-16)8-7-9-14-6-3/h10-11,13-14H,4-9H2,1-3H3. The van der Waals surface area contributed by atoms with Crippen LogP contribution in [0.1, 0.15) is 51.6 Å². The molecule has 0 bridgehead atoms. The molecule has 92 valence electrons. The van der Waals surface area contributed by atoms with Crippen LogP contribution in [0.25, 0.3) is 0 Å². The van der Waals surface area contributed by atoms with E-state index >= 15 is 0 Å². The lowest BCUT2D eigenvalue weighted by atomic mass is 10.1. The molecule has 16 heavy (non-hydrogen) atoms. The second-order valence-electron chi connectivity index (χ2n) is 4.26. The molecule has 0 atom stereocenters. The van der Waals surface area contributed by atoms with Crippen LogP contribution in [0.4, 0.5) is 0 Å². The van der Waals surface area contributed by atoms with Gasteiger partial charge in [0.05, 0.1) is 12.2 Å². The molecule has 0 spiro atoms. The maximum absolute atomic E-state index is 4.45. The molecule has 0 saturated heterocycles. The van der Waals surface area contributed by atoms with E-state index in [9.17, 15) is 0 Å². The van der Waals surface area contributed by atoms with E-state index in [0.717, 1.165) is 32.4 Å². The monoisotopic (exact) mass is 223 g/mol. The second kappa shape index (κ2) is 7.44. The number of hydrogen-bond acceptors (Lipinski definition) is 2. The van der Waals surface area contributed by atoms with Crippen LogP contribution in [-0.2, 0) is 6.42 Å². The van der Waals surface area contributed by atoms with Crippen LogP contribution in [0.3, 0.4) is 0 Å². The highest BCUT2D eigenvalue weighted by molar-refractivity contribution is 5.04. The highest BCUT2D eigenvalue weighted by Gasteiger charge is 2.07. The van der Waals surface area contributed by atoms with Gasteiger partial charge >= 0.3 is 0 Å². The average molecular weight is 223 g/mol. The van der Waals surface area contributed by atoms with Gasteiger partial charge in [-0.1, -0.05) is 20.8 Å². The normalized spacial score (nSPS) is 11.2. The number of aryl methyl sites for hydroxylation is 1. The quantitative estimate of drug-likeness (QED) is 0.687. The molecule has 1 aromatic heterocycles. The summed E-state index contributed by atoms with van der Waals surface area (Å²) in [7, 11) is 0. The summed E-state index contributed by atoms with van der Waals surface area (Å²) in [6.45, 7) is 8.76. The average Bonchev–Trinajstić information content (AvgIpc) is 2.75. The van der Waals surface area contributed by atoms with E-state index in [1.165, 1.54) is 12.0 Å². The maximum Gasteiger partial charge on any atom is 0.0521 e. The van der Waals surface area contributed by atoms with Gasteiger partial charge < -0.3 is 5.32 Å². The van der Waals surface area contributed by atoms with Gasteiger partial charge in [-0.2, -0.15) is 5.10 Å². The lowest BCUT2D eigenvalue weighted by Gasteiger charge is -2.12. The molecule has 0 aliphatic heterocycles. The third-order valence-electron chi connectivity index (χ3n) is 3.04.